The summed E-state index contributed by atoms with van der Waals surface area (Å²) in [6, 6.07) is 2.86. The van der Waals surface area contributed by atoms with Gasteiger partial charge in [0.2, 0.25) is 0 Å². The zero-order chi connectivity index (χ0) is 10.8. The summed E-state index contributed by atoms with van der Waals surface area (Å²) in [6.45, 7) is 1.82. The van der Waals surface area contributed by atoms with E-state index in [1.165, 1.54) is 6.07 Å². The van der Waals surface area contributed by atoms with Crippen LogP contribution < -0.4 is 5.32 Å². The Bertz CT molecular complexity index is 364. The average molecular weight is 274 g/mol. The predicted molar refractivity (Wildman–Crippen MR) is 60.6 cm³/mol. The molecule has 1 aromatic rings. The number of hydrogen-bond acceptors (Lipinski definition) is 2. The molecule has 1 aliphatic rings. The molecular weight excluding hydrogens is 261 g/mol. The van der Waals surface area contributed by atoms with E-state index in [1.54, 1.807) is 6.07 Å². The normalized spacial score (nSPS) is 21.6. The molecule has 0 bridgehead atoms. The lowest BCUT2D eigenvalue weighted by molar-refractivity contribution is 0.437. The summed E-state index contributed by atoms with van der Waals surface area (Å²) >= 11 is 3.21. The Balaban J connectivity index is 2.30. The fraction of sp³-hybridized carbons (Fsp3) is 0.455. The van der Waals surface area contributed by atoms with Gasteiger partial charge in [-0.05, 0) is 52.9 Å². The number of rotatable bonds is 1. The van der Waals surface area contributed by atoms with Crippen LogP contribution in [0.2, 0.25) is 0 Å². The van der Waals surface area contributed by atoms with Gasteiger partial charge < -0.3 is 10.4 Å². The number of phenolic OH excluding ortho intramolecular Hbond substituents is 1. The van der Waals surface area contributed by atoms with E-state index in [-0.39, 0.29) is 17.5 Å². The molecule has 1 heterocycles. The third-order valence-corrected chi connectivity index (χ3v) is 3.44. The number of nitrogens with one attached hydrogen (secondary N) is 1. The van der Waals surface area contributed by atoms with Gasteiger partial charge in [0.1, 0.15) is 11.6 Å². The Morgan fingerprint density at radius 1 is 1.47 bits per heavy atom. The Hall–Kier alpha value is -0.610. The monoisotopic (exact) mass is 273 g/mol. The van der Waals surface area contributed by atoms with Crippen LogP contribution >= 0.6 is 15.9 Å². The van der Waals surface area contributed by atoms with Crippen LogP contribution in [0.5, 0.6) is 5.75 Å². The first kappa shape index (κ1) is 10.9. The zero-order valence-corrected chi connectivity index (χ0v) is 9.85. The van der Waals surface area contributed by atoms with E-state index in [0.717, 1.165) is 25.9 Å². The van der Waals surface area contributed by atoms with Crippen LogP contribution in [0.4, 0.5) is 4.39 Å². The van der Waals surface area contributed by atoms with Gasteiger partial charge in [0.05, 0.1) is 4.47 Å². The largest absolute Gasteiger partial charge is 0.507 e. The maximum Gasteiger partial charge on any atom is 0.132 e. The molecule has 2 nitrogen and oxygen atoms in total. The van der Waals surface area contributed by atoms with Crippen molar-refractivity contribution in [3.8, 4) is 5.75 Å². The van der Waals surface area contributed by atoms with Crippen LogP contribution in [0, 0.1) is 5.82 Å². The highest BCUT2D eigenvalue weighted by Crippen LogP contribution is 2.32. The molecule has 1 unspecified atom stereocenters. The van der Waals surface area contributed by atoms with Gasteiger partial charge in [-0.2, -0.15) is 0 Å². The van der Waals surface area contributed by atoms with Crippen LogP contribution in [0.1, 0.15) is 24.3 Å². The lowest BCUT2D eigenvalue weighted by atomic mass is 9.91. The smallest absolute Gasteiger partial charge is 0.132 e. The molecule has 1 aliphatic heterocycles. The van der Waals surface area contributed by atoms with Gasteiger partial charge in [-0.25, -0.2) is 4.39 Å². The molecule has 4 heteroatoms. The first-order chi connectivity index (χ1) is 7.18. The zero-order valence-electron chi connectivity index (χ0n) is 8.26. The van der Waals surface area contributed by atoms with Crippen molar-refractivity contribution in [2.75, 3.05) is 13.1 Å². The van der Waals surface area contributed by atoms with Crippen molar-refractivity contribution in [3.05, 3.63) is 28.0 Å². The molecule has 0 amide bonds. The lowest BCUT2D eigenvalue weighted by Crippen LogP contribution is -2.28. The van der Waals surface area contributed by atoms with Crippen LogP contribution in [0.3, 0.4) is 0 Å². The first-order valence-corrected chi connectivity index (χ1v) is 5.86. The van der Waals surface area contributed by atoms with Crippen molar-refractivity contribution >= 4 is 15.9 Å². The summed E-state index contributed by atoms with van der Waals surface area (Å²) in [7, 11) is 0. The van der Waals surface area contributed by atoms with E-state index < -0.39 is 0 Å². The van der Waals surface area contributed by atoms with E-state index >= 15 is 0 Å². The van der Waals surface area contributed by atoms with Crippen molar-refractivity contribution in [2.45, 2.75) is 18.8 Å². The second kappa shape index (κ2) is 4.49. The lowest BCUT2D eigenvalue weighted by Gasteiger charge is -2.23. The average Bonchev–Trinajstić information content (AvgIpc) is 2.25. The van der Waals surface area contributed by atoms with Crippen molar-refractivity contribution in [1.29, 1.82) is 0 Å². The van der Waals surface area contributed by atoms with Crippen molar-refractivity contribution in [1.82, 2.24) is 5.32 Å². The van der Waals surface area contributed by atoms with Crippen LogP contribution in [-0.2, 0) is 0 Å². The predicted octanol–water partition coefficient (Wildman–Crippen LogP) is 2.76. The van der Waals surface area contributed by atoms with E-state index in [0.29, 0.717) is 10.0 Å². The van der Waals surface area contributed by atoms with Crippen molar-refractivity contribution in [2.24, 2.45) is 0 Å². The molecule has 2 N–H and O–H groups in total. The SMILES string of the molecule is Oc1cc(F)c(C2CCCNC2)cc1Br. The maximum absolute atomic E-state index is 13.6. The topological polar surface area (TPSA) is 32.3 Å². The van der Waals surface area contributed by atoms with E-state index in [1.807, 2.05) is 0 Å². The molecule has 0 radical (unpaired) electrons. The highest BCUT2D eigenvalue weighted by atomic mass is 79.9. The Morgan fingerprint density at radius 2 is 2.27 bits per heavy atom. The molecule has 1 saturated heterocycles. The van der Waals surface area contributed by atoms with E-state index in [4.69, 9.17) is 0 Å². The molecule has 1 aromatic carbocycles. The summed E-state index contributed by atoms with van der Waals surface area (Å²) < 4.78 is 14.2. The Labute approximate surface area is 96.6 Å². The fourth-order valence-corrected chi connectivity index (χ4v) is 2.34. The van der Waals surface area contributed by atoms with Crippen molar-refractivity contribution < 1.29 is 9.50 Å². The molecule has 0 spiro atoms. The number of benzene rings is 1. The summed E-state index contributed by atoms with van der Waals surface area (Å²) in [6.07, 6.45) is 2.07. The minimum Gasteiger partial charge on any atom is -0.507 e. The third kappa shape index (κ3) is 2.32. The van der Waals surface area contributed by atoms with Crippen LogP contribution in [0.25, 0.3) is 0 Å². The number of aromatic hydroxyl groups is 1. The van der Waals surface area contributed by atoms with Gasteiger partial charge in [-0.15, -0.1) is 0 Å². The summed E-state index contributed by atoms with van der Waals surface area (Å²) in [5.41, 5.74) is 0.687. The number of piperidine rings is 1. The molecule has 0 aliphatic carbocycles. The van der Waals surface area contributed by atoms with Crippen LogP contribution in [-0.4, -0.2) is 18.2 Å². The summed E-state index contributed by atoms with van der Waals surface area (Å²) in [5.74, 6) is -0.139. The Kier molecular flexibility index (Phi) is 3.26. The molecule has 1 fully saturated rings. The maximum atomic E-state index is 13.6. The highest BCUT2D eigenvalue weighted by Gasteiger charge is 2.19. The molecular formula is C11H13BrFNO. The molecule has 15 heavy (non-hydrogen) atoms. The van der Waals surface area contributed by atoms with Gasteiger partial charge in [0, 0.05) is 12.6 Å². The first-order valence-electron chi connectivity index (χ1n) is 5.07. The van der Waals surface area contributed by atoms with Gasteiger partial charge in [0.15, 0.2) is 0 Å². The molecule has 0 aromatic heterocycles. The number of hydrogen-bond donors (Lipinski definition) is 2. The molecule has 2 rings (SSSR count). The molecule has 82 valence electrons. The summed E-state index contributed by atoms with van der Waals surface area (Å²) in [4.78, 5) is 0. The fourth-order valence-electron chi connectivity index (χ4n) is 1.98. The molecule has 0 saturated carbocycles. The van der Waals surface area contributed by atoms with Gasteiger partial charge in [-0.3, -0.25) is 0 Å². The van der Waals surface area contributed by atoms with E-state index in [9.17, 15) is 9.50 Å². The number of phenols is 1. The van der Waals surface area contributed by atoms with Gasteiger partial charge >= 0.3 is 0 Å². The minimum absolute atomic E-state index is 0.0416. The van der Waals surface area contributed by atoms with Gasteiger partial charge in [0.25, 0.3) is 0 Å². The summed E-state index contributed by atoms with van der Waals surface area (Å²) in [5, 5.41) is 12.6. The number of halogens is 2. The third-order valence-electron chi connectivity index (χ3n) is 2.80. The standard InChI is InChI=1S/C11H13BrFNO/c12-9-4-8(10(13)5-11(9)15)7-2-1-3-14-6-7/h4-5,7,14-15H,1-3,6H2. The van der Waals surface area contributed by atoms with Gasteiger partial charge in [-0.1, -0.05) is 0 Å². The highest BCUT2D eigenvalue weighted by molar-refractivity contribution is 9.10. The second-order valence-corrected chi connectivity index (χ2v) is 4.72. The van der Waals surface area contributed by atoms with Crippen molar-refractivity contribution in [3.63, 3.8) is 0 Å². The van der Waals surface area contributed by atoms with E-state index in [2.05, 4.69) is 21.2 Å². The minimum atomic E-state index is -0.315. The molecule has 1 atom stereocenters. The quantitative estimate of drug-likeness (QED) is 0.825. The second-order valence-electron chi connectivity index (χ2n) is 3.87. The Morgan fingerprint density at radius 3 is 2.93 bits per heavy atom. The van der Waals surface area contributed by atoms with Crippen LogP contribution in [0.15, 0.2) is 16.6 Å².